The second-order valence-electron chi connectivity index (χ2n) is 5.64. The molecule has 0 radical (unpaired) electrons. The van der Waals surface area contributed by atoms with E-state index in [1.165, 1.54) is 6.07 Å². The predicted octanol–water partition coefficient (Wildman–Crippen LogP) is 3.25. The first kappa shape index (κ1) is 17.3. The number of benzene rings is 2. The summed E-state index contributed by atoms with van der Waals surface area (Å²) in [6, 6.07) is 9.77. The number of nitrogens with zero attached hydrogens (tertiary/aromatic N) is 1. The maximum absolute atomic E-state index is 12.7. The van der Waals surface area contributed by atoms with Crippen molar-refractivity contribution in [1.82, 2.24) is 0 Å². The van der Waals surface area contributed by atoms with Crippen molar-refractivity contribution >= 4 is 39.1 Å². The smallest absolute Gasteiger partial charge is 0.261 e. The highest BCUT2D eigenvalue weighted by molar-refractivity contribution is 8.03. The molecule has 3 rings (SSSR count). The Hall–Kier alpha value is -2.50. The normalized spacial score (nSPS) is 13.5. The maximum Gasteiger partial charge on any atom is 0.261 e. The number of carbonyl (C=O) groups excluding carboxylic acids is 1. The van der Waals surface area contributed by atoms with Gasteiger partial charge in [0.15, 0.2) is 0 Å². The van der Waals surface area contributed by atoms with Crippen LogP contribution in [0, 0.1) is 17.6 Å². The maximum atomic E-state index is 12.7. The summed E-state index contributed by atoms with van der Waals surface area (Å²) >= 11 is 1.02. The number of rotatable bonds is 4. The minimum absolute atomic E-state index is 0.0628. The molecule has 1 heterocycles. The molecule has 6 nitrogen and oxygen atoms in total. The zero-order chi connectivity index (χ0) is 18.0. The van der Waals surface area contributed by atoms with E-state index in [0.717, 1.165) is 27.8 Å². The fourth-order valence-corrected chi connectivity index (χ4v) is 4.26. The van der Waals surface area contributed by atoms with E-state index < -0.39 is 10.0 Å². The molecule has 2 N–H and O–H groups in total. The van der Waals surface area contributed by atoms with Crippen LogP contribution in [0.1, 0.15) is 17.5 Å². The highest BCUT2D eigenvalue weighted by Gasteiger charge is 2.20. The van der Waals surface area contributed by atoms with Crippen LogP contribution >= 0.6 is 11.8 Å². The Labute approximate surface area is 150 Å². The van der Waals surface area contributed by atoms with Gasteiger partial charge in [0.1, 0.15) is 5.40 Å². The second kappa shape index (κ2) is 6.78. The first-order valence-electron chi connectivity index (χ1n) is 7.51. The molecule has 1 aliphatic heterocycles. The number of aryl methyl sites for hydroxylation is 2. The lowest BCUT2D eigenvalue weighted by Crippen LogP contribution is -2.20. The summed E-state index contributed by atoms with van der Waals surface area (Å²) in [6.45, 7) is 1.78. The van der Waals surface area contributed by atoms with Crippen molar-refractivity contribution in [2.24, 2.45) is 0 Å². The first-order valence-corrected chi connectivity index (χ1v) is 9.81. The molecule has 2 aromatic rings. The third-order valence-corrected chi connectivity index (χ3v) is 5.83. The van der Waals surface area contributed by atoms with Crippen molar-refractivity contribution < 1.29 is 13.2 Å². The summed E-state index contributed by atoms with van der Waals surface area (Å²) in [5.41, 5.74) is 2.66. The molecule has 0 saturated heterocycles. The summed E-state index contributed by atoms with van der Waals surface area (Å²) in [6.07, 6.45) is 0.866. The van der Waals surface area contributed by atoms with E-state index in [0.29, 0.717) is 24.2 Å². The number of hydrogen-bond donors (Lipinski definition) is 2. The van der Waals surface area contributed by atoms with E-state index in [4.69, 9.17) is 5.26 Å². The van der Waals surface area contributed by atoms with E-state index in [2.05, 4.69) is 10.0 Å². The molecule has 2 aromatic carbocycles. The van der Waals surface area contributed by atoms with Gasteiger partial charge in [0.25, 0.3) is 10.0 Å². The van der Waals surface area contributed by atoms with Crippen LogP contribution in [0.25, 0.3) is 0 Å². The number of nitrogens with one attached hydrogen (secondary N) is 2. The number of thiocyanates is 1. The van der Waals surface area contributed by atoms with Crippen LogP contribution in [0.4, 0.5) is 11.4 Å². The van der Waals surface area contributed by atoms with Crippen LogP contribution in [-0.2, 0) is 21.2 Å². The van der Waals surface area contributed by atoms with E-state index in [1.807, 2.05) is 5.40 Å². The van der Waals surface area contributed by atoms with Crippen molar-refractivity contribution in [3.63, 3.8) is 0 Å². The molecule has 8 heteroatoms. The number of sulfonamides is 1. The summed E-state index contributed by atoms with van der Waals surface area (Å²) in [4.78, 5) is 12.3. The average molecular weight is 373 g/mol. The monoisotopic (exact) mass is 373 g/mol. The third kappa shape index (κ3) is 3.78. The molecule has 0 atom stereocenters. The number of fused-ring (bicyclic) bond motifs is 1. The van der Waals surface area contributed by atoms with Gasteiger partial charge in [-0.3, -0.25) is 9.52 Å². The number of carbonyl (C=O) groups is 1. The van der Waals surface area contributed by atoms with Crippen LogP contribution < -0.4 is 10.0 Å². The van der Waals surface area contributed by atoms with Crippen molar-refractivity contribution in [2.45, 2.75) is 29.6 Å². The molecule has 0 aromatic heterocycles. The minimum atomic E-state index is -3.74. The minimum Gasteiger partial charge on any atom is -0.326 e. The van der Waals surface area contributed by atoms with Gasteiger partial charge in [-0.1, -0.05) is 0 Å². The van der Waals surface area contributed by atoms with Crippen LogP contribution in [0.5, 0.6) is 0 Å². The van der Waals surface area contributed by atoms with Crippen molar-refractivity contribution in [2.75, 3.05) is 10.0 Å². The molecule has 1 amide bonds. The Balaban J connectivity index is 1.88. The summed E-state index contributed by atoms with van der Waals surface area (Å²) < 4.78 is 27.9. The molecule has 25 heavy (non-hydrogen) atoms. The van der Waals surface area contributed by atoms with Crippen LogP contribution in [0.15, 0.2) is 46.2 Å². The van der Waals surface area contributed by atoms with E-state index >= 15 is 0 Å². The van der Waals surface area contributed by atoms with E-state index in [1.54, 1.807) is 37.3 Å². The molecule has 0 aliphatic carbocycles. The number of amides is 1. The first-order chi connectivity index (χ1) is 11.9. The quantitative estimate of drug-likeness (QED) is 0.633. The van der Waals surface area contributed by atoms with Gasteiger partial charge in [-0.2, -0.15) is 5.26 Å². The van der Waals surface area contributed by atoms with Crippen molar-refractivity contribution in [3.05, 3.63) is 47.5 Å². The third-order valence-electron chi connectivity index (χ3n) is 3.89. The van der Waals surface area contributed by atoms with Gasteiger partial charge < -0.3 is 5.32 Å². The van der Waals surface area contributed by atoms with Gasteiger partial charge >= 0.3 is 0 Å². The van der Waals surface area contributed by atoms with Crippen LogP contribution in [-0.4, -0.2) is 14.3 Å². The number of nitriles is 1. The van der Waals surface area contributed by atoms with Gasteiger partial charge in [0.2, 0.25) is 5.91 Å². The summed E-state index contributed by atoms with van der Waals surface area (Å²) in [7, 11) is -3.74. The van der Waals surface area contributed by atoms with E-state index in [9.17, 15) is 13.2 Å². The molecule has 0 spiro atoms. The van der Waals surface area contributed by atoms with Gasteiger partial charge in [0.05, 0.1) is 10.6 Å². The summed E-state index contributed by atoms with van der Waals surface area (Å²) in [5, 5.41) is 13.4. The molecule has 0 saturated carbocycles. The fraction of sp³-hybridized carbons (Fsp3) is 0.176. The van der Waals surface area contributed by atoms with Crippen molar-refractivity contribution in [1.29, 1.82) is 5.26 Å². The van der Waals surface area contributed by atoms with E-state index in [-0.39, 0.29) is 10.8 Å². The molecule has 0 fully saturated rings. The Morgan fingerprint density at radius 1 is 1.20 bits per heavy atom. The highest BCUT2D eigenvalue weighted by atomic mass is 32.2. The highest BCUT2D eigenvalue weighted by Crippen LogP contribution is 2.28. The van der Waals surface area contributed by atoms with Crippen LogP contribution in [0.3, 0.4) is 0 Å². The Morgan fingerprint density at radius 2 is 2.00 bits per heavy atom. The second-order valence-corrected chi connectivity index (χ2v) is 8.18. The molecular formula is C17H15N3O3S2. The Kier molecular flexibility index (Phi) is 4.70. The van der Waals surface area contributed by atoms with Gasteiger partial charge in [-0.05, 0) is 72.6 Å². The van der Waals surface area contributed by atoms with Crippen molar-refractivity contribution in [3.8, 4) is 5.40 Å². The lowest BCUT2D eigenvalue weighted by atomic mass is 10.0. The number of thioether (sulfide) groups is 1. The largest absolute Gasteiger partial charge is 0.326 e. The SMILES string of the molecule is Cc1cc(SC#N)ccc1NS(=O)(=O)c1ccc2c(c1)CCC(=O)N2. The Bertz CT molecular complexity index is 995. The lowest BCUT2D eigenvalue weighted by Gasteiger charge is -2.18. The number of hydrogen-bond acceptors (Lipinski definition) is 5. The van der Waals surface area contributed by atoms with Crippen LogP contribution in [0.2, 0.25) is 0 Å². The molecular weight excluding hydrogens is 358 g/mol. The lowest BCUT2D eigenvalue weighted by molar-refractivity contribution is -0.116. The molecule has 0 bridgehead atoms. The standard InChI is InChI=1S/C17H15N3O3S2/c1-11-8-13(24-10-18)3-5-15(11)20-25(22,23)14-4-6-16-12(9-14)2-7-17(21)19-16/h3-6,8-9,20H,2,7H2,1H3,(H,19,21). The summed E-state index contributed by atoms with van der Waals surface area (Å²) in [5.74, 6) is -0.0628. The fourth-order valence-electron chi connectivity index (χ4n) is 2.60. The van der Waals surface area contributed by atoms with Gasteiger partial charge in [-0.25, -0.2) is 8.42 Å². The average Bonchev–Trinajstić information content (AvgIpc) is 2.57. The molecule has 0 unspecified atom stereocenters. The molecule has 1 aliphatic rings. The predicted molar refractivity (Wildman–Crippen MR) is 96.9 cm³/mol. The zero-order valence-electron chi connectivity index (χ0n) is 13.4. The number of anilines is 2. The van der Waals surface area contributed by atoms with Gasteiger partial charge in [0, 0.05) is 17.0 Å². The molecule has 128 valence electrons. The zero-order valence-corrected chi connectivity index (χ0v) is 15.0. The Morgan fingerprint density at radius 3 is 2.72 bits per heavy atom. The topological polar surface area (TPSA) is 99.1 Å². The van der Waals surface area contributed by atoms with Gasteiger partial charge in [-0.15, -0.1) is 0 Å².